The zero-order chi connectivity index (χ0) is 13.2. The van der Waals surface area contributed by atoms with Gasteiger partial charge in [0.1, 0.15) is 0 Å². The van der Waals surface area contributed by atoms with E-state index in [1.807, 2.05) is 24.3 Å². The SMILES string of the molecule is CC1(C)CCCCC1C(=O)Nc1ccc(I)cc1. The standard InChI is InChI=1S/C15H20INO/c1-15(2)10-4-3-5-13(15)14(18)17-12-8-6-11(16)7-9-12/h6-9,13H,3-5,10H2,1-2H3,(H,17,18). The van der Waals surface area contributed by atoms with E-state index in [4.69, 9.17) is 0 Å². The number of benzene rings is 1. The Balaban J connectivity index is 2.05. The van der Waals surface area contributed by atoms with Gasteiger partial charge in [0.15, 0.2) is 0 Å². The van der Waals surface area contributed by atoms with Crippen LogP contribution in [0.4, 0.5) is 5.69 Å². The van der Waals surface area contributed by atoms with Gasteiger partial charge in [0, 0.05) is 15.2 Å². The molecule has 1 N–H and O–H groups in total. The smallest absolute Gasteiger partial charge is 0.228 e. The van der Waals surface area contributed by atoms with Crippen molar-refractivity contribution in [3.05, 3.63) is 27.8 Å². The molecular weight excluding hydrogens is 337 g/mol. The van der Waals surface area contributed by atoms with Gasteiger partial charge in [-0.25, -0.2) is 0 Å². The third kappa shape index (κ3) is 3.25. The molecule has 0 saturated heterocycles. The molecule has 2 nitrogen and oxygen atoms in total. The van der Waals surface area contributed by atoms with Crippen molar-refractivity contribution in [1.29, 1.82) is 0 Å². The number of carbonyl (C=O) groups excluding carboxylic acids is 1. The molecule has 2 rings (SSSR count). The third-order valence-corrected chi connectivity index (χ3v) is 4.65. The zero-order valence-corrected chi connectivity index (χ0v) is 13.2. The van der Waals surface area contributed by atoms with E-state index < -0.39 is 0 Å². The van der Waals surface area contributed by atoms with Crippen LogP contribution in [-0.2, 0) is 4.79 Å². The van der Waals surface area contributed by atoms with Gasteiger partial charge in [0.05, 0.1) is 0 Å². The summed E-state index contributed by atoms with van der Waals surface area (Å²) < 4.78 is 1.18. The number of rotatable bonds is 2. The maximum atomic E-state index is 12.4. The highest BCUT2D eigenvalue weighted by molar-refractivity contribution is 14.1. The summed E-state index contributed by atoms with van der Waals surface area (Å²) in [5.41, 5.74) is 1.03. The first-order valence-electron chi connectivity index (χ1n) is 6.55. The fourth-order valence-corrected chi connectivity index (χ4v) is 3.10. The lowest BCUT2D eigenvalue weighted by Gasteiger charge is -2.37. The predicted molar refractivity (Wildman–Crippen MR) is 83.5 cm³/mol. The van der Waals surface area contributed by atoms with Gasteiger partial charge < -0.3 is 5.32 Å². The van der Waals surface area contributed by atoms with Crippen molar-refractivity contribution in [1.82, 2.24) is 0 Å². The molecule has 1 amide bonds. The highest BCUT2D eigenvalue weighted by Gasteiger charge is 2.36. The van der Waals surface area contributed by atoms with E-state index >= 15 is 0 Å². The van der Waals surface area contributed by atoms with Gasteiger partial charge in [0.25, 0.3) is 0 Å². The monoisotopic (exact) mass is 357 g/mol. The van der Waals surface area contributed by atoms with Crippen LogP contribution in [0.15, 0.2) is 24.3 Å². The van der Waals surface area contributed by atoms with Gasteiger partial charge >= 0.3 is 0 Å². The van der Waals surface area contributed by atoms with Crippen molar-refractivity contribution in [3.8, 4) is 0 Å². The van der Waals surface area contributed by atoms with Crippen molar-refractivity contribution in [2.45, 2.75) is 39.5 Å². The highest BCUT2D eigenvalue weighted by Crippen LogP contribution is 2.41. The van der Waals surface area contributed by atoms with Crippen molar-refractivity contribution in [2.75, 3.05) is 5.32 Å². The number of hydrogen-bond acceptors (Lipinski definition) is 1. The summed E-state index contributed by atoms with van der Waals surface area (Å²) in [5.74, 6) is 0.325. The molecule has 1 aromatic carbocycles. The van der Waals surface area contributed by atoms with Crippen LogP contribution in [-0.4, -0.2) is 5.91 Å². The molecule has 0 aliphatic heterocycles. The number of amides is 1. The molecular formula is C15H20INO. The normalized spacial score (nSPS) is 22.5. The average Bonchev–Trinajstić information content (AvgIpc) is 2.31. The lowest BCUT2D eigenvalue weighted by molar-refractivity contribution is -0.124. The largest absolute Gasteiger partial charge is 0.326 e. The molecule has 98 valence electrons. The Morgan fingerprint density at radius 1 is 1.28 bits per heavy atom. The molecule has 0 radical (unpaired) electrons. The topological polar surface area (TPSA) is 29.1 Å². The van der Waals surface area contributed by atoms with Crippen LogP contribution in [0.3, 0.4) is 0 Å². The van der Waals surface area contributed by atoms with Gasteiger partial charge in [-0.2, -0.15) is 0 Å². The van der Waals surface area contributed by atoms with Crippen LogP contribution in [0.5, 0.6) is 0 Å². The predicted octanol–water partition coefficient (Wildman–Crippen LogP) is 4.45. The molecule has 0 spiro atoms. The van der Waals surface area contributed by atoms with Crippen LogP contribution in [0, 0.1) is 14.9 Å². The summed E-state index contributed by atoms with van der Waals surface area (Å²) in [6, 6.07) is 7.97. The highest BCUT2D eigenvalue weighted by atomic mass is 127. The summed E-state index contributed by atoms with van der Waals surface area (Å²) in [5, 5.41) is 3.05. The molecule has 1 unspecified atom stereocenters. The van der Waals surface area contributed by atoms with E-state index in [1.54, 1.807) is 0 Å². The first-order chi connectivity index (χ1) is 8.49. The third-order valence-electron chi connectivity index (χ3n) is 3.94. The molecule has 0 aromatic heterocycles. The molecule has 3 heteroatoms. The van der Waals surface area contributed by atoms with E-state index in [9.17, 15) is 4.79 Å². The van der Waals surface area contributed by atoms with Crippen LogP contribution in [0.2, 0.25) is 0 Å². The maximum absolute atomic E-state index is 12.4. The van der Waals surface area contributed by atoms with Gasteiger partial charge in [-0.3, -0.25) is 4.79 Å². The van der Waals surface area contributed by atoms with Crippen molar-refractivity contribution < 1.29 is 4.79 Å². The molecule has 0 bridgehead atoms. The van der Waals surface area contributed by atoms with Gasteiger partial charge in [-0.05, 0) is 65.1 Å². The van der Waals surface area contributed by atoms with E-state index in [0.29, 0.717) is 0 Å². The summed E-state index contributed by atoms with van der Waals surface area (Å²) >= 11 is 2.27. The minimum Gasteiger partial charge on any atom is -0.326 e. The lowest BCUT2D eigenvalue weighted by atomic mass is 9.68. The van der Waals surface area contributed by atoms with E-state index in [1.165, 1.54) is 16.4 Å². The van der Waals surface area contributed by atoms with Crippen LogP contribution >= 0.6 is 22.6 Å². The maximum Gasteiger partial charge on any atom is 0.228 e. The van der Waals surface area contributed by atoms with Crippen LogP contribution < -0.4 is 5.32 Å². The Hall–Kier alpha value is -0.580. The van der Waals surface area contributed by atoms with Gasteiger partial charge in [-0.15, -0.1) is 0 Å². The van der Waals surface area contributed by atoms with Crippen molar-refractivity contribution >= 4 is 34.2 Å². The number of nitrogens with one attached hydrogen (secondary N) is 1. The Kier molecular flexibility index (Phi) is 4.30. The molecule has 1 atom stereocenters. The molecule has 1 fully saturated rings. The number of halogens is 1. The Bertz CT molecular complexity index is 425. The number of anilines is 1. The molecule has 1 aromatic rings. The molecule has 1 saturated carbocycles. The van der Waals surface area contributed by atoms with E-state index in [0.717, 1.165) is 18.5 Å². The first kappa shape index (κ1) is 13.8. The first-order valence-corrected chi connectivity index (χ1v) is 7.63. The number of hydrogen-bond donors (Lipinski definition) is 1. The van der Waals surface area contributed by atoms with Crippen molar-refractivity contribution in [3.63, 3.8) is 0 Å². The van der Waals surface area contributed by atoms with Gasteiger partial charge in [-0.1, -0.05) is 26.7 Å². The van der Waals surface area contributed by atoms with E-state index in [-0.39, 0.29) is 17.2 Å². The summed E-state index contributed by atoms with van der Waals surface area (Å²) in [7, 11) is 0. The fourth-order valence-electron chi connectivity index (χ4n) is 2.74. The minimum absolute atomic E-state index is 0.130. The fraction of sp³-hybridized carbons (Fsp3) is 0.533. The Labute approximate surface area is 123 Å². The van der Waals surface area contributed by atoms with Crippen LogP contribution in [0.25, 0.3) is 0 Å². The molecule has 18 heavy (non-hydrogen) atoms. The quantitative estimate of drug-likeness (QED) is 0.779. The van der Waals surface area contributed by atoms with Crippen LogP contribution in [0.1, 0.15) is 39.5 Å². The van der Waals surface area contributed by atoms with Crippen molar-refractivity contribution in [2.24, 2.45) is 11.3 Å². The average molecular weight is 357 g/mol. The summed E-state index contributed by atoms with van der Waals surface area (Å²) in [6.07, 6.45) is 4.59. The molecule has 1 aliphatic carbocycles. The zero-order valence-electron chi connectivity index (χ0n) is 11.0. The number of carbonyl (C=O) groups is 1. The second-order valence-electron chi connectivity index (χ2n) is 5.78. The Morgan fingerprint density at radius 3 is 2.56 bits per heavy atom. The molecule has 0 heterocycles. The summed E-state index contributed by atoms with van der Waals surface area (Å²) in [4.78, 5) is 12.4. The lowest BCUT2D eigenvalue weighted by Crippen LogP contribution is -2.37. The van der Waals surface area contributed by atoms with E-state index in [2.05, 4.69) is 41.8 Å². The molecule has 1 aliphatic rings. The second-order valence-corrected chi connectivity index (χ2v) is 7.03. The minimum atomic E-state index is 0.130. The van der Waals surface area contributed by atoms with Gasteiger partial charge in [0.2, 0.25) is 5.91 Å². The second kappa shape index (κ2) is 5.59. The summed E-state index contributed by atoms with van der Waals surface area (Å²) in [6.45, 7) is 4.43. The Morgan fingerprint density at radius 2 is 1.94 bits per heavy atom.